The lowest BCUT2D eigenvalue weighted by Gasteiger charge is -2.07. The van der Waals surface area contributed by atoms with Gasteiger partial charge in [-0.2, -0.15) is 13.2 Å². The molecule has 0 aliphatic heterocycles. The normalized spacial score (nSPS) is 11.4. The first kappa shape index (κ1) is 15.8. The van der Waals surface area contributed by atoms with E-state index in [4.69, 9.17) is 5.73 Å². The predicted octanol–water partition coefficient (Wildman–Crippen LogP) is 2.17. The minimum absolute atomic E-state index is 0.0203. The molecule has 1 aromatic carbocycles. The highest BCUT2D eigenvalue weighted by molar-refractivity contribution is 8.00. The largest absolute Gasteiger partial charge is 0.441 e. The van der Waals surface area contributed by atoms with Gasteiger partial charge in [-0.05, 0) is 42.4 Å². The van der Waals surface area contributed by atoms with Crippen molar-refractivity contribution < 1.29 is 18.0 Å². The zero-order valence-corrected chi connectivity index (χ0v) is 11.0. The number of thioether (sulfide) groups is 1. The average Bonchev–Trinajstić information content (AvgIpc) is 2.34. The third kappa shape index (κ3) is 6.49. The molecule has 1 rings (SSSR count). The maximum absolute atomic E-state index is 11.9. The van der Waals surface area contributed by atoms with E-state index in [1.54, 1.807) is 24.3 Å². The van der Waals surface area contributed by atoms with Crippen molar-refractivity contribution in [2.24, 2.45) is 5.73 Å². The summed E-state index contributed by atoms with van der Waals surface area (Å²) in [5, 5.41) is 2.44. The molecule has 0 radical (unpaired) electrons. The van der Waals surface area contributed by atoms with Crippen molar-refractivity contribution in [1.29, 1.82) is 0 Å². The van der Waals surface area contributed by atoms with Crippen molar-refractivity contribution in [3.63, 3.8) is 0 Å². The maximum atomic E-state index is 11.9. The summed E-state index contributed by atoms with van der Waals surface area (Å²) in [5.74, 6) is -0.567. The first-order chi connectivity index (χ1) is 8.92. The second-order valence-corrected chi connectivity index (χ2v) is 4.95. The fraction of sp³-hybridized carbons (Fsp3) is 0.417. The molecular formula is C12H15F3N2OS. The van der Waals surface area contributed by atoms with Crippen LogP contribution in [-0.4, -0.2) is 30.3 Å². The third-order valence-electron chi connectivity index (χ3n) is 2.30. The van der Waals surface area contributed by atoms with Gasteiger partial charge in [0, 0.05) is 17.9 Å². The van der Waals surface area contributed by atoms with Crippen molar-refractivity contribution in [3.8, 4) is 0 Å². The highest BCUT2D eigenvalue weighted by Gasteiger charge is 2.27. The zero-order valence-electron chi connectivity index (χ0n) is 10.2. The average molecular weight is 292 g/mol. The van der Waals surface area contributed by atoms with Crippen LogP contribution in [0.15, 0.2) is 24.3 Å². The van der Waals surface area contributed by atoms with E-state index in [-0.39, 0.29) is 30.0 Å². The summed E-state index contributed by atoms with van der Waals surface area (Å²) in [6, 6.07) is 6.84. The Bertz CT molecular complexity index is 406. The zero-order chi connectivity index (χ0) is 14.3. The van der Waals surface area contributed by atoms with Crippen LogP contribution >= 0.6 is 11.8 Å². The minimum atomic E-state index is -4.26. The van der Waals surface area contributed by atoms with Crippen LogP contribution in [0.1, 0.15) is 15.9 Å². The number of halogens is 3. The molecule has 0 fully saturated rings. The first-order valence-electron chi connectivity index (χ1n) is 5.70. The van der Waals surface area contributed by atoms with Crippen molar-refractivity contribution in [2.45, 2.75) is 11.9 Å². The van der Waals surface area contributed by atoms with Crippen LogP contribution in [0.4, 0.5) is 13.2 Å². The molecule has 0 saturated heterocycles. The number of hydrogen-bond donors (Lipinski definition) is 2. The number of benzene rings is 1. The Labute approximate surface area is 113 Å². The Morgan fingerprint density at radius 2 is 1.89 bits per heavy atom. The number of rotatable bonds is 6. The van der Waals surface area contributed by atoms with Crippen LogP contribution in [0.2, 0.25) is 0 Å². The van der Waals surface area contributed by atoms with E-state index in [2.05, 4.69) is 5.32 Å². The molecule has 0 unspecified atom stereocenters. The number of alkyl halides is 3. The third-order valence-corrected chi connectivity index (χ3v) is 3.04. The Morgan fingerprint density at radius 3 is 2.42 bits per heavy atom. The molecule has 0 aromatic heterocycles. The Balaban J connectivity index is 2.37. The number of nitrogens with two attached hydrogens (primary N) is 1. The Hall–Kier alpha value is -1.21. The standard InChI is InChI=1S/C12H15F3N2OS/c13-12(14,15)19-8-7-17-11(18)10-3-1-9(2-4-10)5-6-16/h1-4H,5-8,16H2,(H,17,18). The van der Waals surface area contributed by atoms with Crippen LogP contribution < -0.4 is 11.1 Å². The van der Waals surface area contributed by atoms with Gasteiger partial charge in [-0.1, -0.05) is 12.1 Å². The van der Waals surface area contributed by atoms with E-state index >= 15 is 0 Å². The highest BCUT2D eigenvalue weighted by Crippen LogP contribution is 2.29. The topological polar surface area (TPSA) is 55.1 Å². The number of carbonyl (C=O) groups excluding carboxylic acids is 1. The fourth-order valence-electron chi connectivity index (χ4n) is 1.42. The SMILES string of the molecule is NCCc1ccc(C(=O)NCCSC(F)(F)F)cc1. The quantitative estimate of drug-likeness (QED) is 0.790. The Morgan fingerprint density at radius 1 is 1.26 bits per heavy atom. The molecule has 19 heavy (non-hydrogen) atoms. The lowest BCUT2D eigenvalue weighted by atomic mass is 10.1. The summed E-state index contributed by atoms with van der Waals surface area (Å²) in [5.41, 5.74) is 2.59. The van der Waals surface area contributed by atoms with Crippen molar-refractivity contribution >= 4 is 17.7 Å². The van der Waals surface area contributed by atoms with Crippen LogP contribution in [0.25, 0.3) is 0 Å². The van der Waals surface area contributed by atoms with Gasteiger partial charge in [0.1, 0.15) is 0 Å². The van der Waals surface area contributed by atoms with Crippen molar-refractivity contribution in [2.75, 3.05) is 18.8 Å². The van der Waals surface area contributed by atoms with Crippen LogP contribution in [0.5, 0.6) is 0 Å². The van der Waals surface area contributed by atoms with E-state index < -0.39 is 5.51 Å². The monoisotopic (exact) mass is 292 g/mol. The predicted molar refractivity (Wildman–Crippen MR) is 70.0 cm³/mol. The molecule has 0 atom stereocenters. The fourth-order valence-corrected chi connectivity index (χ4v) is 1.86. The molecule has 0 saturated carbocycles. The van der Waals surface area contributed by atoms with E-state index in [0.29, 0.717) is 12.1 Å². The van der Waals surface area contributed by atoms with Gasteiger partial charge in [0.15, 0.2) is 0 Å². The number of nitrogens with one attached hydrogen (secondary N) is 1. The maximum Gasteiger partial charge on any atom is 0.441 e. The molecular weight excluding hydrogens is 277 g/mol. The molecule has 0 aliphatic rings. The molecule has 0 heterocycles. The second kappa shape index (κ2) is 7.40. The van der Waals surface area contributed by atoms with Gasteiger partial charge in [0.25, 0.3) is 5.91 Å². The van der Waals surface area contributed by atoms with Crippen molar-refractivity contribution in [1.82, 2.24) is 5.32 Å². The van der Waals surface area contributed by atoms with Gasteiger partial charge in [-0.3, -0.25) is 4.79 Å². The smallest absolute Gasteiger partial charge is 0.351 e. The molecule has 0 bridgehead atoms. The second-order valence-electron chi connectivity index (χ2n) is 3.79. The first-order valence-corrected chi connectivity index (χ1v) is 6.69. The van der Waals surface area contributed by atoms with E-state index in [0.717, 1.165) is 12.0 Å². The Kier molecular flexibility index (Phi) is 6.17. The molecule has 1 aromatic rings. The van der Waals surface area contributed by atoms with Gasteiger partial charge in [-0.15, -0.1) is 0 Å². The molecule has 3 N–H and O–H groups in total. The van der Waals surface area contributed by atoms with E-state index in [1.165, 1.54) is 0 Å². The van der Waals surface area contributed by atoms with Crippen LogP contribution in [0.3, 0.4) is 0 Å². The van der Waals surface area contributed by atoms with E-state index in [1.807, 2.05) is 0 Å². The van der Waals surface area contributed by atoms with Crippen LogP contribution in [0, 0.1) is 0 Å². The number of hydrogen-bond acceptors (Lipinski definition) is 3. The summed E-state index contributed by atoms with van der Waals surface area (Å²) in [7, 11) is 0. The summed E-state index contributed by atoms with van der Waals surface area (Å²) < 4.78 is 35.6. The number of carbonyl (C=O) groups is 1. The van der Waals surface area contributed by atoms with Gasteiger partial charge in [-0.25, -0.2) is 0 Å². The van der Waals surface area contributed by atoms with Crippen LogP contribution in [-0.2, 0) is 6.42 Å². The summed E-state index contributed by atoms with van der Waals surface area (Å²) in [6.45, 7) is 0.508. The lowest BCUT2D eigenvalue weighted by Crippen LogP contribution is -2.26. The molecule has 106 valence electrons. The van der Waals surface area contributed by atoms with Gasteiger partial charge in [0.05, 0.1) is 0 Å². The molecule has 0 spiro atoms. The van der Waals surface area contributed by atoms with E-state index in [9.17, 15) is 18.0 Å². The lowest BCUT2D eigenvalue weighted by molar-refractivity contribution is -0.0327. The highest BCUT2D eigenvalue weighted by atomic mass is 32.2. The van der Waals surface area contributed by atoms with Gasteiger partial charge >= 0.3 is 5.51 Å². The number of amides is 1. The summed E-state index contributed by atoms with van der Waals surface area (Å²) in [6.07, 6.45) is 0.726. The molecule has 7 heteroatoms. The van der Waals surface area contributed by atoms with Gasteiger partial charge in [0.2, 0.25) is 0 Å². The van der Waals surface area contributed by atoms with Crippen molar-refractivity contribution in [3.05, 3.63) is 35.4 Å². The molecule has 3 nitrogen and oxygen atoms in total. The molecule has 1 amide bonds. The minimum Gasteiger partial charge on any atom is -0.351 e. The summed E-state index contributed by atoms with van der Waals surface area (Å²) >= 11 is -0.149. The van der Waals surface area contributed by atoms with Gasteiger partial charge < -0.3 is 11.1 Å². The summed E-state index contributed by atoms with van der Waals surface area (Å²) in [4.78, 5) is 11.6. The molecule has 0 aliphatic carbocycles.